The van der Waals surface area contributed by atoms with Crippen molar-refractivity contribution in [1.82, 2.24) is 9.38 Å². The molecule has 2 aromatic heterocycles. The van der Waals surface area contributed by atoms with Gasteiger partial charge in [-0.15, -0.1) is 0 Å². The number of fused-ring (bicyclic) bond motifs is 1. The Labute approximate surface area is 100 Å². The molecular formula is C14H16N2O. The summed E-state index contributed by atoms with van der Waals surface area (Å²) in [6.07, 6.45) is 5.03. The molecule has 3 nitrogen and oxygen atoms in total. The molecule has 0 aliphatic heterocycles. The summed E-state index contributed by atoms with van der Waals surface area (Å²) in [5.74, 6) is 1.91. The van der Waals surface area contributed by atoms with Crippen molar-refractivity contribution in [2.24, 2.45) is 0 Å². The molecule has 2 aromatic rings. The molecule has 0 radical (unpaired) electrons. The van der Waals surface area contributed by atoms with E-state index in [9.17, 15) is 4.79 Å². The summed E-state index contributed by atoms with van der Waals surface area (Å²) in [5.41, 5.74) is 3.25. The smallest absolute Gasteiger partial charge is 0.135 e. The molecule has 17 heavy (non-hydrogen) atoms. The fourth-order valence-corrected chi connectivity index (χ4v) is 2.28. The van der Waals surface area contributed by atoms with Crippen molar-refractivity contribution in [3.05, 3.63) is 35.4 Å². The number of aromatic nitrogens is 2. The van der Waals surface area contributed by atoms with Crippen LogP contribution in [0.5, 0.6) is 0 Å². The zero-order valence-corrected chi connectivity index (χ0v) is 10.2. The Kier molecular flexibility index (Phi) is 2.28. The van der Waals surface area contributed by atoms with Gasteiger partial charge in [0.15, 0.2) is 0 Å². The summed E-state index contributed by atoms with van der Waals surface area (Å²) in [6, 6.07) is 4.16. The van der Waals surface area contributed by atoms with Crippen molar-refractivity contribution in [2.75, 3.05) is 0 Å². The molecule has 88 valence electrons. The number of rotatable bonds is 3. The largest absolute Gasteiger partial charge is 0.303 e. The molecule has 0 amide bonds. The van der Waals surface area contributed by atoms with Crippen LogP contribution in [0.3, 0.4) is 0 Å². The van der Waals surface area contributed by atoms with E-state index in [2.05, 4.69) is 34.6 Å². The minimum Gasteiger partial charge on any atom is -0.303 e. The topological polar surface area (TPSA) is 34.4 Å². The highest BCUT2D eigenvalue weighted by atomic mass is 16.1. The lowest BCUT2D eigenvalue weighted by atomic mass is 10.2. The van der Waals surface area contributed by atoms with Crippen LogP contribution in [-0.2, 0) is 11.2 Å². The summed E-state index contributed by atoms with van der Waals surface area (Å²) >= 11 is 0. The summed E-state index contributed by atoms with van der Waals surface area (Å²) in [5, 5.41) is 0. The molecule has 3 heteroatoms. The molecule has 1 fully saturated rings. The number of ketones is 1. The SMILES string of the molecule is CC(=O)Cc1nc(C2CC2)n2cc(C)ccc12. The van der Waals surface area contributed by atoms with E-state index >= 15 is 0 Å². The van der Waals surface area contributed by atoms with Crippen LogP contribution in [0.25, 0.3) is 5.52 Å². The van der Waals surface area contributed by atoms with Crippen molar-refractivity contribution in [3.8, 4) is 0 Å². The second-order valence-corrected chi connectivity index (χ2v) is 5.03. The first-order chi connectivity index (χ1) is 8.15. The Bertz CT molecular complexity index is 594. The Balaban J connectivity index is 2.19. The molecule has 0 saturated heterocycles. The molecule has 1 saturated carbocycles. The highest BCUT2D eigenvalue weighted by Gasteiger charge is 2.29. The number of imidazole rings is 1. The first-order valence-electron chi connectivity index (χ1n) is 6.12. The minimum atomic E-state index is 0.174. The average Bonchev–Trinajstić information content (AvgIpc) is 3.03. The standard InChI is InChI=1S/C14H16N2O/c1-9-3-6-13-12(7-10(2)17)15-14(11-4-5-11)16(13)8-9/h3,6,8,11H,4-5,7H2,1-2H3. The number of carbonyl (C=O) groups is 1. The van der Waals surface area contributed by atoms with Gasteiger partial charge in [0.05, 0.1) is 17.6 Å². The van der Waals surface area contributed by atoms with Crippen LogP contribution in [0.1, 0.15) is 42.8 Å². The predicted molar refractivity (Wildman–Crippen MR) is 66.3 cm³/mol. The predicted octanol–water partition coefficient (Wildman–Crippen LogP) is 2.65. The van der Waals surface area contributed by atoms with Crippen molar-refractivity contribution >= 4 is 11.3 Å². The Morgan fingerprint density at radius 2 is 2.24 bits per heavy atom. The van der Waals surface area contributed by atoms with Crippen molar-refractivity contribution < 1.29 is 4.79 Å². The van der Waals surface area contributed by atoms with Crippen LogP contribution in [0, 0.1) is 6.92 Å². The van der Waals surface area contributed by atoms with Gasteiger partial charge in [0.1, 0.15) is 11.6 Å². The van der Waals surface area contributed by atoms with Crippen molar-refractivity contribution in [1.29, 1.82) is 0 Å². The van der Waals surface area contributed by atoms with E-state index in [-0.39, 0.29) is 5.78 Å². The fourth-order valence-electron chi connectivity index (χ4n) is 2.28. The van der Waals surface area contributed by atoms with Gasteiger partial charge in [-0.1, -0.05) is 6.07 Å². The first kappa shape index (κ1) is 10.5. The third-order valence-electron chi connectivity index (χ3n) is 3.25. The van der Waals surface area contributed by atoms with Gasteiger partial charge in [0.25, 0.3) is 0 Å². The average molecular weight is 228 g/mol. The summed E-state index contributed by atoms with van der Waals surface area (Å²) in [7, 11) is 0. The number of aryl methyl sites for hydroxylation is 1. The van der Waals surface area contributed by atoms with Gasteiger partial charge in [0.2, 0.25) is 0 Å². The quantitative estimate of drug-likeness (QED) is 0.809. The van der Waals surface area contributed by atoms with Gasteiger partial charge in [-0.05, 0) is 38.3 Å². The van der Waals surface area contributed by atoms with Crippen LogP contribution >= 0.6 is 0 Å². The summed E-state index contributed by atoms with van der Waals surface area (Å²) in [6.45, 7) is 3.71. The normalized spacial score (nSPS) is 15.4. The second-order valence-electron chi connectivity index (χ2n) is 5.03. The third kappa shape index (κ3) is 1.86. The number of Topliss-reactive ketones (excluding diaryl/α,β-unsaturated/α-hetero) is 1. The lowest BCUT2D eigenvalue weighted by Crippen LogP contribution is -1.97. The van der Waals surface area contributed by atoms with E-state index in [1.807, 2.05) is 0 Å². The number of pyridine rings is 1. The van der Waals surface area contributed by atoms with Crippen molar-refractivity contribution in [3.63, 3.8) is 0 Å². The molecule has 0 spiro atoms. The third-order valence-corrected chi connectivity index (χ3v) is 3.25. The van der Waals surface area contributed by atoms with E-state index in [0.29, 0.717) is 12.3 Å². The minimum absolute atomic E-state index is 0.174. The zero-order valence-electron chi connectivity index (χ0n) is 10.2. The first-order valence-corrected chi connectivity index (χ1v) is 6.12. The van der Waals surface area contributed by atoms with Crippen LogP contribution in [0.4, 0.5) is 0 Å². The summed E-state index contributed by atoms with van der Waals surface area (Å²) < 4.78 is 2.17. The summed E-state index contributed by atoms with van der Waals surface area (Å²) in [4.78, 5) is 15.9. The Morgan fingerprint density at radius 1 is 1.47 bits per heavy atom. The molecule has 1 aliphatic carbocycles. The number of hydrogen-bond acceptors (Lipinski definition) is 2. The molecular weight excluding hydrogens is 212 g/mol. The fraction of sp³-hybridized carbons (Fsp3) is 0.429. The molecule has 0 atom stereocenters. The van der Waals surface area contributed by atoms with Gasteiger partial charge in [-0.3, -0.25) is 4.79 Å². The van der Waals surface area contributed by atoms with Crippen molar-refractivity contribution in [2.45, 2.75) is 39.0 Å². The van der Waals surface area contributed by atoms with E-state index in [4.69, 9.17) is 0 Å². The van der Waals surface area contributed by atoms with Crippen LogP contribution in [0.2, 0.25) is 0 Å². The van der Waals surface area contributed by atoms with Crippen LogP contribution < -0.4 is 0 Å². The lowest BCUT2D eigenvalue weighted by molar-refractivity contribution is -0.116. The maximum Gasteiger partial charge on any atom is 0.135 e. The molecule has 0 aromatic carbocycles. The second kappa shape index (κ2) is 3.69. The highest BCUT2D eigenvalue weighted by Crippen LogP contribution is 2.40. The highest BCUT2D eigenvalue weighted by molar-refractivity contribution is 5.80. The number of carbonyl (C=O) groups excluding carboxylic acids is 1. The maximum atomic E-state index is 11.3. The lowest BCUT2D eigenvalue weighted by Gasteiger charge is -2.00. The van der Waals surface area contributed by atoms with Gasteiger partial charge in [0, 0.05) is 12.1 Å². The van der Waals surface area contributed by atoms with Gasteiger partial charge < -0.3 is 4.40 Å². The Hall–Kier alpha value is -1.64. The molecule has 3 rings (SSSR count). The van der Waals surface area contributed by atoms with E-state index in [0.717, 1.165) is 17.0 Å². The van der Waals surface area contributed by atoms with Gasteiger partial charge >= 0.3 is 0 Å². The zero-order chi connectivity index (χ0) is 12.0. The molecule has 1 aliphatic rings. The molecule has 0 bridgehead atoms. The van der Waals surface area contributed by atoms with Gasteiger partial charge in [-0.2, -0.15) is 0 Å². The number of nitrogens with zero attached hydrogens (tertiary/aromatic N) is 2. The monoisotopic (exact) mass is 228 g/mol. The van der Waals surface area contributed by atoms with E-state index in [1.165, 1.54) is 18.4 Å². The van der Waals surface area contributed by atoms with Crippen LogP contribution in [-0.4, -0.2) is 15.2 Å². The maximum absolute atomic E-state index is 11.3. The molecule has 0 unspecified atom stereocenters. The van der Waals surface area contributed by atoms with Gasteiger partial charge in [-0.25, -0.2) is 4.98 Å². The molecule has 0 N–H and O–H groups in total. The van der Waals surface area contributed by atoms with E-state index in [1.54, 1.807) is 6.92 Å². The van der Waals surface area contributed by atoms with E-state index < -0.39 is 0 Å². The molecule has 2 heterocycles. The Morgan fingerprint density at radius 3 is 2.88 bits per heavy atom. The number of hydrogen-bond donors (Lipinski definition) is 0. The van der Waals surface area contributed by atoms with Crippen LogP contribution in [0.15, 0.2) is 18.3 Å².